The van der Waals surface area contributed by atoms with Crippen molar-refractivity contribution in [3.63, 3.8) is 0 Å². The molecule has 5 nitrogen and oxygen atoms in total. The normalized spacial score (nSPS) is 10.6. The molecule has 0 saturated carbocycles. The summed E-state index contributed by atoms with van der Waals surface area (Å²) in [7, 11) is 0. The standard InChI is InChI=1S/C12H14BrNO4/c1-2-5-17-11-4-3-10(13)6-9(11)7-14-18-8-12(15)16/h3-4,6-7H,2,5,8H2,1H3,(H,15,16). The average molecular weight is 316 g/mol. The third-order valence-electron chi connectivity index (χ3n) is 1.89. The van der Waals surface area contributed by atoms with Crippen LogP contribution in [-0.4, -0.2) is 30.5 Å². The summed E-state index contributed by atoms with van der Waals surface area (Å²) in [5.74, 6) is -0.383. The Kier molecular flexibility index (Phi) is 6.21. The minimum Gasteiger partial charge on any atom is -0.493 e. The lowest BCUT2D eigenvalue weighted by Crippen LogP contribution is -2.03. The molecule has 1 rings (SSSR count). The molecule has 0 radical (unpaired) electrons. The summed E-state index contributed by atoms with van der Waals surface area (Å²) in [4.78, 5) is 14.8. The van der Waals surface area contributed by atoms with Crippen molar-refractivity contribution in [1.29, 1.82) is 0 Å². The molecule has 1 aromatic rings. The molecule has 18 heavy (non-hydrogen) atoms. The van der Waals surface area contributed by atoms with Crippen molar-refractivity contribution in [2.45, 2.75) is 13.3 Å². The Bertz CT molecular complexity index is 434. The van der Waals surface area contributed by atoms with Gasteiger partial charge >= 0.3 is 5.97 Å². The number of rotatable bonds is 7. The first-order valence-corrected chi connectivity index (χ1v) is 6.22. The van der Waals surface area contributed by atoms with Crippen molar-refractivity contribution >= 4 is 28.1 Å². The van der Waals surface area contributed by atoms with Crippen LogP contribution in [0.3, 0.4) is 0 Å². The van der Waals surface area contributed by atoms with Gasteiger partial charge < -0.3 is 14.7 Å². The van der Waals surface area contributed by atoms with Gasteiger partial charge in [0.05, 0.1) is 12.8 Å². The number of benzene rings is 1. The molecule has 1 N–H and O–H groups in total. The van der Waals surface area contributed by atoms with E-state index in [1.165, 1.54) is 6.21 Å². The highest BCUT2D eigenvalue weighted by Crippen LogP contribution is 2.22. The van der Waals surface area contributed by atoms with E-state index in [2.05, 4.69) is 25.9 Å². The largest absolute Gasteiger partial charge is 0.493 e. The van der Waals surface area contributed by atoms with Crippen LogP contribution in [0.5, 0.6) is 5.75 Å². The van der Waals surface area contributed by atoms with E-state index in [1.807, 2.05) is 25.1 Å². The van der Waals surface area contributed by atoms with Gasteiger partial charge in [0, 0.05) is 10.0 Å². The van der Waals surface area contributed by atoms with E-state index in [9.17, 15) is 4.79 Å². The molecule has 0 atom stereocenters. The summed E-state index contributed by atoms with van der Waals surface area (Å²) in [6.07, 6.45) is 2.33. The van der Waals surface area contributed by atoms with E-state index in [1.54, 1.807) is 0 Å². The summed E-state index contributed by atoms with van der Waals surface area (Å²) in [6, 6.07) is 5.50. The van der Waals surface area contributed by atoms with Gasteiger partial charge in [0.2, 0.25) is 6.61 Å². The van der Waals surface area contributed by atoms with Crippen LogP contribution in [0.1, 0.15) is 18.9 Å². The quantitative estimate of drug-likeness (QED) is 0.620. The number of carboxylic acids is 1. The summed E-state index contributed by atoms with van der Waals surface area (Å²) < 4.78 is 6.42. The van der Waals surface area contributed by atoms with Crippen LogP contribution in [0.2, 0.25) is 0 Å². The summed E-state index contributed by atoms with van der Waals surface area (Å²) in [5, 5.41) is 12.0. The molecule has 0 saturated heterocycles. The Morgan fingerprint density at radius 2 is 2.33 bits per heavy atom. The van der Waals surface area contributed by atoms with Crippen molar-refractivity contribution < 1.29 is 19.5 Å². The summed E-state index contributed by atoms with van der Waals surface area (Å²) in [6.45, 7) is 2.16. The zero-order valence-corrected chi connectivity index (χ0v) is 11.5. The van der Waals surface area contributed by atoms with Crippen LogP contribution in [0.25, 0.3) is 0 Å². The summed E-state index contributed by atoms with van der Waals surface area (Å²) in [5.41, 5.74) is 0.725. The Morgan fingerprint density at radius 3 is 3.00 bits per heavy atom. The second-order valence-electron chi connectivity index (χ2n) is 3.43. The molecule has 0 heterocycles. The Labute approximate surface area is 114 Å². The lowest BCUT2D eigenvalue weighted by Gasteiger charge is -2.07. The second-order valence-corrected chi connectivity index (χ2v) is 4.35. The van der Waals surface area contributed by atoms with Crippen LogP contribution >= 0.6 is 15.9 Å². The van der Waals surface area contributed by atoms with Crippen LogP contribution < -0.4 is 4.74 Å². The van der Waals surface area contributed by atoms with Crippen LogP contribution in [-0.2, 0) is 9.63 Å². The number of nitrogens with zero attached hydrogens (tertiary/aromatic N) is 1. The van der Waals surface area contributed by atoms with E-state index >= 15 is 0 Å². The zero-order chi connectivity index (χ0) is 13.4. The Morgan fingerprint density at radius 1 is 1.56 bits per heavy atom. The molecule has 0 amide bonds. The first kappa shape index (κ1) is 14.5. The van der Waals surface area contributed by atoms with Crippen LogP contribution in [0, 0.1) is 0 Å². The Balaban J connectivity index is 2.71. The minimum absolute atomic E-state index is 0.463. The molecule has 0 aliphatic heterocycles. The van der Waals surface area contributed by atoms with Gasteiger partial charge in [0.15, 0.2) is 0 Å². The third-order valence-corrected chi connectivity index (χ3v) is 2.38. The number of aliphatic carboxylic acids is 1. The fourth-order valence-electron chi connectivity index (χ4n) is 1.15. The van der Waals surface area contributed by atoms with Crippen molar-refractivity contribution in [1.82, 2.24) is 0 Å². The molecule has 98 valence electrons. The predicted molar refractivity (Wildman–Crippen MR) is 71.1 cm³/mol. The average Bonchev–Trinajstić information content (AvgIpc) is 2.33. The van der Waals surface area contributed by atoms with Crippen molar-refractivity contribution in [2.75, 3.05) is 13.2 Å². The van der Waals surface area contributed by atoms with E-state index in [0.717, 1.165) is 16.5 Å². The van der Waals surface area contributed by atoms with Gasteiger partial charge in [-0.05, 0) is 24.6 Å². The first-order valence-electron chi connectivity index (χ1n) is 5.43. The van der Waals surface area contributed by atoms with Gasteiger partial charge in [-0.25, -0.2) is 4.79 Å². The van der Waals surface area contributed by atoms with Gasteiger partial charge in [-0.2, -0.15) is 0 Å². The number of ether oxygens (including phenoxy) is 1. The maximum atomic E-state index is 10.2. The number of halogens is 1. The number of hydrogen-bond acceptors (Lipinski definition) is 4. The molecule has 0 aliphatic rings. The topological polar surface area (TPSA) is 68.1 Å². The fraction of sp³-hybridized carbons (Fsp3) is 0.333. The molecule has 1 aromatic carbocycles. The number of oxime groups is 1. The monoisotopic (exact) mass is 315 g/mol. The van der Waals surface area contributed by atoms with Crippen molar-refractivity contribution in [3.8, 4) is 5.75 Å². The molecular weight excluding hydrogens is 302 g/mol. The highest BCUT2D eigenvalue weighted by Gasteiger charge is 2.02. The molecule has 0 bridgehead atoms. The van der Waals surface area contributed by atoms with E-state index in [4.69, 9.17) is 9.84 Å². The lowest BCUT2D eigenvalue weighted by atomic mass is 10.2. The van der Waals surface area contributed by atoms with E-state index in [-0.39, 0.29) is 0 Å². The van der Waals surface area contributed by atoms with E-state index in [0.29, 0.717) is 12.4 Å². The maximum Gasteiger partial charge on any atom is 0.344 e. The van der Waals surface area contributed by atoms with Crippen molar-refractivity contribution in [3.05, 3.63) is 28.2 Å². The third kappa shape index (κ3) is 5.18. The first-order chi connectivity index (χ1) is 8.63. The predicted octanol–water partition coefficient (Wildman–Crippen LogP) is 2.67. The second kappa shape index (κ2) is 7.71. The van der Waals surface area contributed by atoms with Gasteiger partial charge in [0.25, 0.3) is 0 Å². The van der Waals surface area contributed by atoms with Gasteiger partial charge in [0.1, 0.15) is 5.75 Å². The van der Waals surface area contributed by atoms with Crippen LogP contribution in [0.4, 0.5) is 0 Å². The van der Waals surface area contributed by atoms with Crippen molar-refractivity contribution in [2.24, 2.45) is 5.16 Å². The highest BCUT2D eigenvalue weighted by atomic mass is 79.9. The zero-order valence-electron chi connectivity index (χ0n) is 9.93. The molecule has 0 aliphatic carbocycles. The minimum atomic E-state index is -1.07. The van der Waals surface area contributed by atoms with Gasteiger partial charge in [-0.15, -0.1) is 0 Å². The molecule has 6 heteroatoms. The molecule has 0 fully saturated rings. The van der Waals surface area contributed by atoms with E-state index < -0.39 is 12.6 Å². The van der Waals surface area contributed by atoms with Gasteiger partial charge in [-0.1, -0.05) is 28.0 Å². The smallest absolute Gasteiger partial charge is 0.344 e. The number of carbonyl (C=O) groups is 1. The summed E-state index contributed by atoms with van der Waals surface area (Å²) >= 11 is 3.34. The van der Waals surface area contributed by atoms with Gasteiger partial charge in [-0.3, -0.25) is 0 Å². The lowest BCUT2D eigenvalue weighted by molar-refractivity contribution is -0.142. The number of hydrogen-bond donors (Lipinski definition) is 1. The Hall–Kier alpha value is -1.56. The molecule has 0 aromatic heterocycles. The molecule has 0 unspecified atom stereocenters. The molecular formula is C12H14BrNO4. The maximum absolute atomic E-state index is 10.2. The fourth-order valence-corrected chi connectivity index (χ4v) is 1.53. The number of carboxylic acid groups (broad SMARTS) is 1. The highest BCUT2D eigenvalue weighted by molar-refractivity contribution is 9.10. The SMILES string of the molecule is CCCOc1ccc(Br)cc1C=NOCC(=O)O. The molecule has 0 spiro atoms. The van der Waals surface area contributed by atoms with Crippen LogP contribution in [0.15, 0.2) is 27.8 Å².